The van der Waals surface area contributed by atoms with Crippen LogP contribution in [0.25, 0.3) is 5.57 Å². The molecule has 1 aromatic carbocycles. The Morgan fingerprint density at radius 3 is 2.75 bits per heavy atom. The fourth-order valence-corrected chi connectivity index (χ4v) is 3.48. The van der Waals surface area contributed by atoms with Gasteiger partial charge in [-0.1, -0.05) is 32.9 Å². The van der Waals surface area contributed by atoms with Crippen molar-refractivity contribution in [2.45, 2.75) is 46.2 Å². The van der Waals surface area contributed by atoms with E-state index >= 15 is 0 Å². The molecular formula is C18H25NO. The Morgan fingerprint density at radius 2 is 2.05 bits per heavy atom. The summed E-state index contributed by atoms with van der Waals surface area (Å²) in [6, 6.07) is 7.17. The minimum Gasteiger partial charge on any atom is -0.497 e. The lowest BCUT2D eigenvalue weighted by Crippen LogP contribution is -2.26. The zero-order chi connectivity index (χ0) is 14.3. The molecular weight excluding hydrogens is 246 g/mol. The molecule has 2 aliphatic heterocycles. The van der Waals surface area contributed by atoms with Gasteiger partial charge in [-0.3, -0.25) is 4.90 Å². The predicted molar refractivity (Wildman–Crippen MR) is 83.9 cm³/mol. The summed E-state index contributed by atoms with van der Waals surface area (Å²) < 4.78 is 5.42. The van der Waals surface area contributed by atoms with Crippen LogP contribution in [0.3, 0.4) is 0 Å². The van der Waals surface area contributed by atoms with Gasteiger partial charge in [0.2, 0.25) is 0 Å². The predicted octanol–water partition coefficient (Wildman–Crippen LogP) is 4.10. The van der Waals surface area contributed by atoms with Gasteiger partial charge in [0.05, 0.1) is 7.11 Å². The summed E-state index contributed by atoms with van der Waals surface area (Å²) in [6.07, 6.45) is 5.13. The fraction of sp³-hybridized carbons (Fsp3) is 0.556. The van der Waals surface area contributed by atoms with Crippen LogP contribution in [0, 0.1) is 5.41 Å². The zero-order valence-corrected chi connectivity index (χ0v) is 13.1. The molecule has 2 aliphatic rings. The van der Waals surface area contributed by atoms with Crippen molar-refractivity contribution >= 4 is 5.57 Å². The molecule has 0 aromatic heterocycles. The highest BCUT2D eigenvalue weighted by Crippen LogP contribution is 2.41. The maximum Gasteiger partial charge on any atom is 0.119 e. The van der Waals surface area contributed by atoms with Crippen LogP contribution in [0.5, 0.6) is 5.75 Å². The van der Waals surface area contributed by atoms with Gasteiger partial charge in [-0.2, -0.15) is 0 Å². The minimum absolute atomic E-state index is 0.182. The first-order valence-corrected chi connectivity index (χ1v) is 7.62. The fourth-order valence-electron chi connectivity index (χ4n) is 3.48. The molecule has 0 bridgehead atoms. The first kappa shape index (κ1) is 13.7. The van der Waals surface area contributed by atoms with E-state index in [0.29, 0.717) is 6.04 Å². The number of allylic oxidation sites excluding steroid dienone is 1. The van der Waals surface area contributed by atoms with Gasteiger partial charge in [-0.05, 0) is 53.6 Å². The quantitative estimate of drug-likeness (QED) is 0.762. The molecule has 0 saturated carbocycles. The monoisotopic (exact) mass is 271 g/mol. The molecule has 0 amide bonds. The molecule has 1 saturated heterocycles. The molecule has 1 fully saturated rings. The number of methoxy groups -OCH3 is 1. The maximum atomic E-state index is 5.42. The number of fused-ring (bicyclic) bond motifs is 2. The van der Waals surface area contributed by atoms with E-state index in [1.807, 2.05) is 0 Å². The van der Waals surface area contributed by atoms with Crippen molar-refractivity contribution in [3.05, 3.63) is 35.4 Å². The van der Waals surface area contributed by atoms with Gasteiger partial charge >= 0.3 is 0 Å². The lowest BCUT2D eigenvalue weighted by molar-refractivity contribution is 0.283. The number of rotatable bonds is 1. The molecule has 2 nitrogen and oxygen atoms in total. The molecule has 108 valence electrons. The Morgan fingerprint density at radius 1 is 1.25 bits per heavy atom. The van der Waals surface area contributed by atoms with Crippen molar-refractivity contribution in [3.8, 4) is 5.75 Å². The van der Waals surface area contributed by atoms with Crippen LogP contribution in [-0.4, -0.2) is 24.6 Å². The second-order valence-corrected chi connectivity index (χ2v) is 7.03. The summed E-state index contributed by atoms with van der Waals surface area (Å²) in [5.41, 5.74) is 4.49. The molecule has 1 unspecified atom stereocenters. The van der Waals surface area contributed by atoms with Crippen molar-refractivity contribution in [2.75, 3.05) is 13.7 Å². The van der Waals surface area contributed by atoms with E-state index < -0.39 is 0 Å². The standard InChI is InChI=1S/C18H25NO/c1-18(2,3)17-11-14-6-5-9-19(14)12-13-10-15(20-4)7-8-16(13)17/h7-8,10-11,14H,5-6,9,12H2,1-4H3. The smallest absolute Gasteiger partial charge is 0.119 e. The van der Waals surface area contributed by atoms with Crippen molar-refractivity contribution < 1.29 is 4.74 Å². The number of nitrogens with zero attached hydrogens (tertiary/aromatic N) is 1. The van der Waals surface area contributed by atoms with Crippen molar-refractivity contribution in [3.63, 3.8) is 0 Å². The molecule has 1 atom stereocenters. The van der Waals surface area contributed by atoms with Gasteiger partial charge in [0, 0.05) is 12.6 Å². The third-order valence-corrected chi connectivity index (χ3v) is 4.56. The first-order chi connectivity index (χ1) is 9.49. The van der Waals surface area contributed by atoms with Gasteiger partial charge in [0.1, 0.15) is 5.75 Å². The molecule has 0 N–H and O–H groups in total. The molecule has 1 aromatic rings. The van der Waals surface area contributed by atoms with Gasteiger partial charge in [-0.15, -0.1) is 0 Å². The van der Waals surface area contributed by atoms with Gasteiger partial charge in [-0.25, -0.2) is 0 Å². The molecule has 0 aliphatic carbocycles. The molecule has 3 rings (SSSR count). The summed E-state index contributed by atoms with van der Waals surface area (Å²) in [7, 11) is 1.75. The Labute approximate surface area is 122 Å². The highest BCUT2D eigenvalue weighted by Gasteiger charge is 2.31. The van der Waals surface area contributed by atoms with Crippen molar-refractivity contribution in [1.82, 2.24) is 4.90 Å². The van der Waals surface area contributed by atoms with E-state index in [0.717, 1.165) is 12.3 Å². The van der Waals surface area contributed by atoms with Crippen LogP contribution < -0.4 is 4.74 Å². The number of hydrogen-bond acceptors (Lipinski definition) is 2. The molecule has 0 spiro atoms. The lowest BCUT2D eigenvalue weighted by atomic mass is 9.80. The van der Waals surface area contributed by atoms with E-state index in [4.69, 9.17) is 4.74 Å². The van der Waals surface area contributed by atoms with Crippen LogP contribution in [0.1, 0.15) is 44.7 Å². The van der Waals surface area contributed by atoms with Crippen LogP contribution in [0.2, 0.25) is 0 Å². The number of hydrogen-bond donors (Lipinski definition) is 0. The van der Waals surface area contributed by atoms with E-state index in [9.17, 15) is 0 Å². The third-order valence-electron chi connectivity index (χ3n) is 4.56. The van der Waals surface area contributed by atoms with Crippen LogP contribution in [0.4, 0.5) is 0 Å². The summed E-state index contributed by atoms with van der Waals surface area (Å²) >= 11 is 0. The third kappa shape index (κ3) is 2.37. The van der Waals surface area contributed by atoms with Crippen LogP contribution in [0.15, 0.2) is 24.3 Å². The van der Waals surface area contributed by atoms with Gasteiger partial charge < -0.3 is 4.74 Å². The highest BCUT2D eigenvalue weighted by molar-refractivity contribution is 5.73. The largest absolute Gasteiger partial charge is 0.497 e. The Bertz CT molecular complexity index is 539. The van der Waals surface area contributed by atoms with E-state index in [1.165, 1.54) is 36.1 Å². The van der Waals surface area contributed by atoms with E-state index in [2.05, 4.69) is 49.9 Å². The normalized spacial score (nSPS) is 22.8. The first-order valence-electron chi connectivity index (χ1n) is 7.62. The number of ether oxygens (including phenoxy) is 1. The average Bonchev–Trinajstić information content (AvgIpc) is 2.76. The summed E-state index contributed by atoms with van der Waals surface area (Å²) in [5.74, 6) is 0.967. The van der Waals surface area contributed by atoms with Crippen molar-refractivity contribution in [2.24, 2.45) is 5.41 Å². The van der Waals surface area contributed by atoms with Gasteiger partial charge in [0.25, 0.3) is 0 Å². The average molecular weight is 271 g/mol. The number of benzene rings is 1. The van der Waals surface area contributed by atoms with Crippen molar-refractivity contribution in [1.29, 1.82) is 0 Å². The topological polar surface area (TPSA) is 12.5 Å². The van der Waals surface area contributed by atoms with Gasteiger partial charge in [0.15, 0.2) is 0 Å². The Balaban J connectivity index is 2.12. The van der Waals surface area contributed by atoms with Crippen LogP contribution in [-0.2, 0) is 6.54 Å². The molecule has 20 heavy (non-hydrogen) atoms. The molecule has 2 heteroatoms. The van der Waals surface area contributed by atoms with E-state index in [-0.39, 0.29) is 5.41 Å². The lowest BCUT2D eigenvalue weighted by Gasteiger charge is -2.25. The highest BCUT2D eigenvalue weighted by atomic mass is 16.5. The van der Waals surface area contributed by atoms with E-state index in [1.54, 1.807) is 7.11 Å². The summed E-state index contributed by atoms with van der Waals surface area (Å²) in [6.45, 7) is 9.22. The maximum absolute atomic E-state index is 5.42. The SMILES string of the molecule is COc1ccc2c(c1)CN1CCCC1C=C2C(C)(C)C. The Hall–Kier alpha value is -1.28. The Kier molecular flexibility index (Phi) is 3.37. The summed E-state index contributed by atoms with van der Waals surface area (Å²) in [5, 5.41) is 0. The van der Waals surface area contributed by atoms with Crippen LogP contribution >= 0.6 is 0 Å². The zero-order valence-electron chi connectivity index (χ0n) is 13.1. The second-order valence-electron chi connectivity index (χ2n) is 7.03. The second kappa shape index (κ2) is 4.92. The minimum atomic E-state index is 0.182. The molecule has 2 heterocycles. The molecule has 0 radical (unpaired) electrons. The summed E-state index contributed by atoms with van der Waals surface area (Å²) in [4.78, 5) is 2.61.